The van der Waals surface area contributed by atoms with E-state index >= 15 is 13.2 Å². The first-order valence-electron chi connectivity index (χ1n) is 10.1. The molecule has 5 aromatic rings. The molecule has 0 amide bonds. The normalized spacial score (nSPS) is 11.6. The fourth-order valence-corrected chi connectivity index (χ4v) is 4.34. The first-order chi connectivity index (χ1) is 17.5. The minimum absolute atomic E-state index is 0.207. The zero-order valence-electron chi connectivity index (χ0n) is 17.7. The summed E-state index contributed by atoms with van der Waals surface area (Å²) < 4.78 is 160. The molecule has 0 spiro atoms. The van der Waals surface area contributed by atoms with Crippen LogP contribution in [0.15, 0.2) is 42.5 Å². The SMILES string of the molecule is Fc1ccc(-c2c3cccc(F)c3c(-c3c(F)c(F)cc(F)c3F)c3c(F)c(F)c(F)c(F)c23)cc1F. The van der Waals surface area contributed by atoms with E-state index in [-0.39, 0.29) is 6.07 Å². The summed E-state index contributed by atoms with van der Waals surface area (Å²) in [4.78, 5) is 0. The molecule has 5 rings (SSSR count). The number of halogens is 11. The molecule has 0 bridgehead atoms. The summed E-state index contributed by atoms with van der Waals surface area (Å²) >= 11 is 0. The van der Waals surface area contributed by atoms with Crippen molar-refractivity contribution in [1.29, 1.82) is 0 Å². The van der Waals surface area contributed by atoms with Gasteiger partial charge in [-0.2, -0.15) is 0 Å². The van der Waals surface area contributed by atoms with Gasteiger partial charge in [-0.05, 0) is 29.1 Å². The Balaban J connectivity index is 2.20. The van der Waals surface area contributed by atoms with Crippen molar-refractivity contribution in [2.75, 3.05) is 0 Å². The van der Waals surface area contributed by atoms with Gasteiger partial charge in [0.15, 0.2) is 58.2 Å². The molecule has 0 unspecified atom stereocenters. The van der Waals surface area contributed by atoms with E-state index in [4.69, 9.17) is 0 Å². The average molecular weight is 528 g/mol. The highest BCUT2D eigenvalue weighted by atomic mass is 19.2. The van der Waals surface area contributed by atoms with Gasteiger partial charge >= 0.3 is 0 Å². The molecule has 5 aromatic carbocycles. The van der Waals surface area contributed by atoms with Gasteiger partial charge < -0.3 is 0 Å². The zero-order chi connectivity index (χ0) is 26.9. The predicted molar refractivity (Wildman–Crippen MR) is 112 cm³/mol. The molecular weight excluding hydrogens is 521 g/mol. The Kier molecular flexibility index (Phi) is 5.61. The maximum absolute atomic E-state index is 15.3. The Hall–Kier alpha value is -4.15. The second kappa shape index (κ2) is 8.46. The first-order valence-corrected chi connectivity index (χ1v) is 10.1. The minimum atomic E-state index is -2.49. The lowest BCUT2D eigenvalue weighted by atomic mass is 9.84. The van der Waals surface area contributed by atoms with E-state index in [9.17, 15) is 35.1 Å². The van der Waals surface area contributed by atoms with E-state index in [1.807, 2.05) is 0 Å². The summed E-state index contributed by atoms with van der Waals surface area (Å²) in [5, 5.41) is -4.36. The van der Waals surface area contributed by atoms with E-state index in [1.54, 1.807) is 0 Å². The number of hydrogen-bond donors (Lipinski definition) is 0. The Morgan fingerprint density at radius 3 is 1.49 bits per heavy atom. The predicted octanol–water partition coefficient (Wildman–Crippen LogP) is 8.86. The van der Waals surface area contributed by atoms with Crippen molar-refractivity contribution in [1.82, 2.24) is 0 Å². The molecule has 0 fully saturated rings. The second-order valence-corrected chi connectivity index (χ2v) is 7.89. The van der Waals surface area contributed by atoms with Crippen molar-refractivity contribution in [3.63, 3.8) is 0 Å². The van der Waals surface area contributed by atoms with Crippen molar-refractivity contribution in [2.45, 2.75) is 0 Å². The van der Waals surface area contributed by atoms with Crippen molar-refractivity contribution < 1.29 is 48.3 Å². The van der Waals surface area contributed by atoms with E-state index in [1.165, 1.54) is 0 Å². The Morgan fingerprint density at radius 1 is 0.351 bits per heavy atom. The summed E-state index contributed by atoms with van der Waals surface area (Å²) in [7, 11) is 0. The fourth-order valence-electron chi connectivity index (χ4n) is 4.34. The molecule has 0 aromatic heterocycles. The van der Waals surface area contributed by atoms with Crippen LogP contribution in [0, 0.1) is 64.0 Å². The molecule has 0 aliphatic carbocycles. The van der Waals surface area contributed by atoms with E-state index in [2.05, 4.69) is 0 Å². The highest BCUT2D eigenvalue weighted by Gasteiger charge is 2.33. The van der Waals surface area contributed by atoms with Crippen LogP contribution >= 0.6 is 0 Å². The van der Waals surface area contributed by atoms with Crippen LogP contribution in [0.4, 0.5) is 48.3 Å². The summed E-state index contributed by atoms with van der Waals surface area (Å²) in [6.07, 6.45) is 0. The smallest absolute Gasteiger partial charge is 0.198 e. The van der Waals surface area contributed by atoms with E-state index in [0.29, 0.717) is 18.2 Å². The molecule has 0 saturated carbocycles. The van der Waals surface area contributed by atoms with Crippen LogP contribution < -0.4 is 0 Å². The third-order valence-corrected chi connectivity index (χ3v) is 5.87. The van der Waals surface area contributed by atoms with Gasteiger partial charge in [-0.25, -0.2) is 48.3 Å². The molecule has 188 valence electrons. The highest BCUT2D eigenvalue weighted by Crippen LogP contribution is 2.48. The van der Waals surface area contributed by atoms with Gasteiger partial charge in [-0.3, -0.25) is 0 Å². The van der Waals surface area contributed by atoms with Crippen molar-refractivity contribution in [3.8, 4) is 22.3 Å². The van der Waals surface area contributed by atoms with Crippen LogP contribution in [0.5, 0.6) is 0 Å². The Bertz CT molecular complexity index is 1760. The monoisotopic (exact) mass is 528 g/mol. The fraction of sp³-hybridized carbons (Fsp3) is 0. The molecule has 11 heteroatoms. The molecule has 0 saturated heterocycles. The Labute approximate surface area is 199 Å². The van der Waals surface area contributed by atoms with Crippen LogP contribution in [0.25, 0.3) is 43.8 Å². The molecule has 0 aliphatic rings. The van der Waals surface area contributed by atoms with Gasteiger partial charge in [0, 0.05) is 33.4 Å². The van der Waals surface area contributed by atoms with Gasteiger partial charge in [0.1, 0.15) is 5.82 Å². The van der Waals surface area contributed by atoms with Gasteiger partial charge in [0.2, 0.25) is 0 Å². The minimum Gasteiger partial charge on any atom is -0.206 e. The summed E-state index contributed by atoms with van der Waals surface area (Å²) in [5.41, 5.74) is -4.33. The van der Waals surface area contributed by atoms with Crippen LogP contribution in [0.2, 0.25) is 0 Å². The largest absolute Gasteiger partial charge is 0.206 e. The third kappa shape index (κ3) is 3.44. The molecule has 0 nitrogen and oxygen atoms in total. The summed E-state index contributed by atoms with van der Waals surface area (Å²) in [6.45, 7) is 0. The molecule has 0 aliphatic heterocycles. The van der Waals surface area contributed by atoms with Crippen molar-refractivity contribution >= 4 is 21.5 Å². The van der Waals surface area contributed by atoms with Gasteiger partial charge in [0.05, 0.1) is 5.56 Å². The standard InChI is InChI=1S/C26H7F11/c27-10-5-4-8(6-12(10)29)15-9-2-1-3-11(28)16(9)17(20-21(32)13(30)7-14(31)22(20)33)19-18(15)23(34)25(36)26(37)24(19)35/h1-7H. The van der Waals surface area contributed by atoms with Gasteiger partial charge in [-0.15, -0.1) is 0 Å². The number of fused-ring (bicyclic) bond motifs is 2. The van der Waals surface area contributed by atoms with Gasteiger partial charge in [-0.1, -0.05) is 18.2 Å². The third-order valence-electron chi connectivity index (χ3n) is 5.87. The average Bonchev–Trinajstić information content (AvgIpc) is 2.86. The van der Waals surface area contributed by atoms with Crippen LogP contribution in [0.3, 0.4) is 0 Å². The number of rotatable bonds is 2. The molecule has 0 heterocycles. The van der Waals surface area contributed by atoms with Crippen LogP contribution in [0.1, 0.15) is 0 Å². The van der Waals surface area contributed by atoms with Gasteiger partial charge in [0.25, 0.3) is 0 Å². The Morgan fingerprint density at radius 2 is 0.919 bits per heavy atom. The molecular formula is C26H7F11. The quantitative estimate of drug-likeness (QED) is 0.0930. The lowest BCUT2D eigenvalue weighted by Gasteiger charge is -2.20. The zero-order valence-corrected chi connectivity index (χ0v) is 17.7. The first kappa shape index (κ1) is 24.5. The lowest BCUT2D eigenvalue weighted by molar-refractivity contribution is 0.418. The maximum Gasteiger partial charge on any atom is 0.198 e. The van der Waals surface area contributed by atoms with Crippen LogP contribution in [-0.2, 0) is 0 Å². The van der Waals surface area contributed by atoms with Crippen LogP contribution in [-0.4, -0.2) is 0 Å². The van der Waals surface area contributed by atoms with Crippen molar-refractivity contribution in [2.24, 2.45) is 0 Å². The highest BCUT2D eigenvalue weighted by molar-refractivity contribution is 6.22. The molecule has 0 radical (unpaired) electrons. The number of hydrogen-bond acceptors (Lipinski definition) is 0. The number of benzene rings is 5. The van der Waals surface area contributed by atoms with E-state index in [0.717, 1.165) is 18.2 Å². The van der Waals surface area contributed by atoms with Crippen molar-refractivity contribution in [3.05, 3.63) is 106 Å². The molecule has 0 N–H and O–H groups in total. The second-order valence-electron chi connectivity index (χ2n) is 7.89. The molecule has 0 atom stereocenters. The summed E-state index contributed by atoms with van der Waals surface area (Å²) in [5.74, 6) is -22.0. The lowest BCUT2D eigenvalue weighted by Crippen LogP contribution is -2.06. The molecule has 37 heavy (non-hydrogen) atoms. The topological polar surface area (TPSA) is 0 Å². The van der Waals surface area contributed by atoms with E-state index < -0.39 is 108 Å². The maximum atomic E-state index is 15.3. The summed E-state index contributed by atoms with van der Waals surface area (Å²) in [6, 6.07) is 4.22.